The SMILES string of the molecule is C[C@H]1OC(=S)S[C@@H]1C. The zero-order valence-corrected chi connectivity index (χ0v) is 6.51. The van der Waals surface area contributed by atoms with Crippen LogP contribution in [0.15, 0.2) is 0 Å². The smallest absolute Gasteiger partial charge is 0.220 e. The predicted molar refractivity (Wildman–Crippen MR) is 40.2 cm³/mol. The lowest BCUT2D eigenvalue weighted by Gasteiger charge is -2.02. The lowest BCUT2D eigenvalue weighted by molar-refractivity contribution is 0.235. The minimum atomic E-state index is 0.312. The van der Waals surface area contributed by atoms with E-state index in [2.05, 4.69) is 6.92 Å². The molecule has 1 heterocycles. The fraction of sp³-hybridized carbons (Fsp3) is 0.800. The van der Waals surface area contributed by atoms with E-state index in [0.717, 1.165) is 0 Å². The van der Waals surface area contributed by atoms with Gasteiger partial charge in [-0.15, -0.1) is 0 Å². The first-order chi connectivity index (χ1) is 3.70. The Morgan fingerprint density at radius 3 is 2.38 bits per heavy atom. The molecule has 1 saturated heterocycles. The molecule has 8 heavy (non-hydrogen) atoms. The quantitative estimate of drug-likeness (QED) is 0.485. The average molecular weight is 148 g/mol. The van der Waals surface area contributed by atoms with Crippen molar-refractivity contribution in [3.05, 3.63) is 0 Å². The molecule has 0 unspecified atom stereocenters. The third-order valence-corrected chi connectivity index (χ3v) is 2.65. The predicted octanol–water partition coefficient (Wildman–Crippen LogP) is 1.81. The second kappa shape index (κ2) is 2.23. The standard InChI is InChI=1S/C5H8OS2/c1-3-4(2)8-5(7)6-3/h3-4H,1-2H3/t3-,4-/m1/s1. The fourth-order valence-electron chi connectivity index (χ4n) is 0.523. The summed E-state index contributed by atoms with van der Waals surface area (Å²) in [6, 6.07) is 0. The summed E-state index contributed by atoms with van der Waals surface area (Å²) in [5.41, 5.74) is 0. The van der Waals surface area contributed by atoms with Crippen molar-refractivity contribution >= 4 is 28.4 Å². The van der Waals surface area contributed by atoms with E-state index >= 15 is 0 Å². The Hall–Kier alpha value is 0.240. The summed E-state index contributed by atoms with van der Waals surface area (Å²) in [5, 5.41) is 0.544. The van der Waals surface area contributed by atoms with Crippen LogP contribution in [0.2, 0.25) is 0 Å². The van der Waals surface area contributed by atoms with E-state index in [1.54, 1.807) is 11.8 Å². The molecule has 2 atom stereocenters. The monoisotopic (exact) mass is 148 g/mol. The minimum absolute atomic E-state index is 0.312. The van der Waals surface area contributed by atoms with Gasteiger partial charge in [0.05, 0.1) is 0 Å². The lowest BCUT2D eigenvalue weighted by atomic mass is 10.3. The van der Waals surface area contributed by atoms with Gasteiger partial charge in [0.15, 0.2) is 0 Å². The molecule has 0 radical (unpaired) electrons. The van der Waals surface area contributed by atoms with Crippen LogP contribution >= 0.6 is 24.0 Å². The Labute approximate surface area is 58.8 Å². The third kappa shape index (κ3) is 1.14. The van der Waals surface area contributed by atoms with Crippen LogP contribution in [0.4, 0.5) is 0 Å². The van der Waals surface area contributed by atoms with E-state index in [0.29, 0.717) is 15.7 Å². The van der Waals surface area contributed by atoms with E-state index < -0.39 is 0 Å². The Kier molecular flexibility index (Phi) is 1.77. The fourth-order valence-corrected chi connectivity index (χ4v) is 1.89. The summed E-state index contributed by atoms with van der Waals surface area (Å²) in [6.07, 6.45) is 0.312. The van der Waals surface area contributed by atoms with Gasteiger partial charge in [0.1, 0.15) is 6.10 Å². The molecule has 0 aromatic carbocycles. The maximum atomic E-state index is 5.17. The molecular formula is C5H8OS2. The summed E-state index contributed by atoms with van der Waals surface area (Å²) in [5.74, 6) is 0. The normalized spacial score (nSPS) is 37.5. The molecule has 1 fully saturated rings. The molecule has 0 saturated carbocycles. The van der Waals surface area contributed by atoms with E-state index in [1.807, 2.05) is 6.92 Å². The molecule has 0 aromatic rings. The van der Waals surface area contributed by atoms with Gasteiger partial charge in [-0.05, 0) is 26.1 Å². The van der Waals surface area contributed by atoms with Gasteiger partial charge in [0.2, 0.25) is 4.38 Å². The third-order valence-electron chi connectivity index (χ3n) is 1.23. The number of thiocarbonyl (C=S) groups is 1. The van der Waals surface area contributed by atoms with E-state index in [1.165, 1.54) is 0 Å². The molecular weight excluding hydrogens is 140 g/mol. The molecule has 1 nitrogen and oxygen atoms in total. The van der Waals surface area contributed by atoms with E-state index in [4.69, 9.17) is 17.0 Å². The van der Waals surface area contributed by atoms with Gasteiger partial charge in [-0.1, -0.05) is 11.8 Å². The number of hydrogen-bond acceptors (Lipinski definition) is 3. The second-order valence-electron chi connectivity index (χ2n) is 1.90. The van der Waals surface area contributed by atoms with Gasteiger partial charge < -0.3 is 4.74 Å². The van der Waals surface area contributed by atoms with Gasteiger partial charge in [-0.2, -0.15) is 0 Å². The van der Waals surface area contributed by atoms with Crippen LogP contribution in [-0.2, 0) is 4.74 Å². The Balaban J connectivity index is 2.51. The Morgan fingerprint density at radius 2 is 2.25 bits per heavy atom. The summed E-state index contributed by atoms with van der Waals surface area (Å²) < 4.78 is 5.87. The van der Waals surface area contributed by atoms with Gasteiger partial charge >= 0.3 is 0 Å². The van der Waals surface area contributed by atoms with Crippen LogP contribution in [0, 0.1) is 0 Å². The summed E-state index contributed by atoms with van der Waals surface area (Å²) in [6.45, 7) is 4.16. The molecule has 0 aliphatic carbocycles. The molecule has 0 aromatic heterocycles. The molecule has 46 valence electrons. The average Bonchev–Trinajstić information content (AvgIpc) is 1.85. The first-order valence-corrected chi connectivity index (χ1v) is 3.86. The maximum absolute atomic E-state index is 5.17. The molecule has 3 heteroatoms. The zero-order valence-electron chi connectivity index (χ0n) is 4.88. The van der Waals surface area contributed by atoms with Crippen LogP contribution in [0.5, 0.6) is 0 Å². The molecule has 1 aliphatic heterocycles. The first-order valence-electron chi connectivity index (χ1n) is 2.57. The van der Waals surface area contributed by atoms with Gasteiger partial charge in [0, 0.05) is 5.25 Å². The first kappa shape index (κ1) is 6.36. The highest BCUT2D eigenvalue weighted by molar-refractivity contribution is 8.23. The molecule has 1 aliphatic rings. The maximum Gasteiger partial charge on any atom is 0.220 e. The van der Waals surface area contributed by atoms with Crippen molar-refractivity contribution in [3.8, 4) is 0 Å². The lowest BCUT2D eigenvalue weighted by Crippen LogP contribution is -2.10. The van der Waals surface area contributed by atoms with Crippen molar-refractivity contribution in [2.45, 2.75) is 25.2 Å². The van der Waals surface area contributed by atoms with Gasteiger partial charge in [0.25, 0.3) is 0 Å². The summed E-state index contributed by atoms with van der Waals surface area (Å²) in [4.78, 5) is 0. The molecule has 0 spiro atoms. The van der Waals surface area contributed by atoms with Crippen molar-refractivity contribution in [2.75, 3.05) is 0 Å². The molecule has 0 N–H and O–H groups in total. The zero-order chi connectivity index (χ0) is 6.15. The van der Waals surface area contributed by atoms with Crippen LogP contribution < -0.4 is 0 Å². The van der Waals surface area contributed by atoms with Crippen molar-refractivity contribution in [1.82, 2.24) is 0 Å². The topological polar surface area (TPSA) is 9.23 Å². The highest BCUT2D eigenvalue weighted by Crippen LogP contribution is 2.27. The van der Waals surface area contributed by atoms with Crippen LogP contribution in [0.1, 0.15) is 13.8 Å². The molecule has 1 rings (SSSR count). The van der Waals surface area contributed by atoms with Gasteiger partial charge in [-0.25, -0.2) is 0 Å². The summed E-state index contributed by atoms with van der Waals surface area (Å²) >= 11 is 6.45. The highest BCUT2D eigenvalue weighted by atomic mass is 32.2. The molecule has 0 amide bonds. The highest BCUT2D eigenvalue weighted by Gasteiger charge is 2.24. The number of hydrogen-bond donors (Lipinski definition) is 0. The Bertz CT molecular complexity index is 101. The minimum Gasteiger partial charge on any atom is -0.474 e. The number of rotatable bonds is 0. The van der Waals surface area contributed by atoms with E-state index in [-0.39, 0.29) is 0 Å². The number of thioether (sulfide) groups is 1. The van der Waals surface area contributed by atoms with Gasteiger partial charge in [-0.3, -0.25) is 0 Å². The Morgan fingerprint density at radius 1 is 1.62 bits per heavy atom. The van der Waals surface area contributed by atoms with Crippen molar-refractivity contribution < 1.29 is 4.74 Å². The van der Waals surface area contributed by atoms with Crippen LogP contribution in [-0.4, -0.2) is 15.7 Å². The second-order valence-corrected chi connectivity index (χ2v) is 3.88. The molecule has 0 bridgehead atoms. The van der Waals surface area contributed by atoms with Crippen LogP contribution in [0.3, 0.4) is 0 Å². The van der Waals surface area contributed by atoms with Crippen molar-refractivity contribution in [3.63, 3.8) is 0 Å². The number of ether oxygens (including phenoxy) is 1. The van der Waals surface area contributed by atoms with Crippen molar-refractivity contribution in [2.24, 2.45) is 0 Å². The van der Waals surface area contributed by atoms with Crippen LogP contribution in [0.25, 0.3) is 0 Å². The van der Waals surface area contributed by atoms with E-state index in [9.17, 15) is 0 Å². The summed E-state index contributed by atoms with van der Waals surface area (Å²) in [7, 11) is 0. The van der Waals surface area contributed by atoms with Crippen molar-refractivity contribution in [1.29, 1.82) is 0 Å². The largest absolute Gasteiger partial charge is 0.474 e.